The predicted octanol–water partition coefficient (Wildman–Crippen LogP) is 0.631. The first kappa shape index (κ1) is 14.0. The highest BCUT2D eigenvalue weighted by Crippen LogP contribution is 2.20. The Morgan fingerprint density at radius 2 is 1.85 bits per heavy atom. The predicted molar refractivity (Wildman–Crippen MR) is 78.5 cm³/mol. The lowest BCUT2D eigenvalue weighted by Crippen LogP contribution is -2.49. The third-order valence-electron chi connectivity index (χ3n) is 4.09. The van der Waals surface area contributed by atoms with Crippen LogP contribution >= 0.6 is 0 Å². The van der Waals surface area contributed by atoms with E-state index in [1.54, 1.807) is 4.31 Å². The third kappa shape index (κ3) is 3.03. The fourth-order valence-electron chi connectivity index (χ4n) is 2.90. The van der Waals surface area contributed by atoms with Gasteiger partial charge in [-0.25, -0.2) is 0 Å². The van der Waals surface area contributed by atoms with E-state index in [0.29, 0.717) is 13.1 Å². The molecule has 1 fully saturated rings. The van der Waals surface area contributed by atoms with Crippen LogP contribution in [0.3, 0.4) is 0 Å². The lowest BCUT2D eigenvalue weighted by molar-refractivity contribution is 0.364. The van der Waals surface area contributed by atoms with Gasteiger partial charge in [0.05, 0.1) is 0 Å². The summed E-state index contributed by atoms with van der Waals surface area (Å²) in [6, 6.07) is 8.14. The Balaban J connectivity index is 1.69. The van der Waals surface area contributed by atoms with Crippen molar-refractivity contribution in [1.82, 2.24) is 14.3 Å². The quantitative estimate of drug-likeness (QED) is 0.860. The standard InChI is InChI=1S/C14H21N3O2S/c18-20(19,16-14-5-8-15-9-6-14)17-10-7-12-3-1-2-4-13(12)11-17/h1-4,14-16H,5-11H2. The van der Waals surface area contributed by atoms with Gasteiger partial charge in [-0.3, -0.25) is 0 Å². The molecule has 5 nitrogen and oxygen atoms in total. The molecule has 2 aliphatic heterocycles. The maximum absolute atomic E-state index is 12.5. The number of nitrogens with one attached hydrogen (secondary N) is 2. The van der Waals surface area contributed by atoms with Crippen LogP contribution in [-0.4, -0.2) is 38.4 Å². The molecule has 0 aliphatic carbocycles. The molecular formula is C14H21N3O2S. The van der Waals surface area contributed by atoms with E-state index in [9.17, 15) is 8.42 Å². The van der Waals surface area contributed by atoms with Gasteiger partial charge in [0.2, 0.25) is 0 Å². The van der Waals surface area contributed by atoms with Crippen molar-refractivity contribution in [3.8, 4) is 0 Å². The Hall–Kier alpha value is -0.950. The molecule has 2 aliphatic rings. The molecule has 6 heteroatoms. The summed E-state index contributed by atoms with van der Waals surface area (Å²) in [6.45, 7) is 2.82. The van der Waals surface area contributed by atoms with Gasteiger partial charge in [0.15, 0.2) is 0 Å². The van der Waals surface area contributed by atoms with Crippen LogP contribution in [0.1, 0.15) is 24.0 Å². The molecule has 0 amide bonds. The van der Waals surface area contributed by atoms with E-state index in [1.807, 2.05) is 18.2 Å². The van der Waals surface area contributed by atoms with Crippen LogP contribution in [0.5, 0.6) is 0 Å². The molecule has 0 bridgehead atoms. The van der Waals surface area contributed by atoms with E-state index >= 15 is 0 Å². The molecule has 2 heterocycles. The van der Waals surface area contributed by atoms with Gasteiger partial charge in [-0.05, 0) is 43.5 Å². The Morgan fingerprint density at radius 3 is 2.60 bits per heavy atom. The van der Waals surface area contributed by atoms with Crippen LogP contribution in [0.25, 0.3) is 0 Å². The van der Waals surface area contributed by atoms with Crippen molar-refractivity contribution in [3.05, 3.63) is 35.4 Å². The molecule has 0 radical (unpaired) electrons. The molecule has 2 N–H and O–H groups in total. The largest absolute Gasteiger partial charge is 0.317 e. The van der Waals surface area contributed by atoms with Gasteiger partial charge in [0.1, 0.15) is 0 Å². The van der Waals surface area contributed by atoms with Crippen molar-refractivity contribution in [2.24, 2.45) is 0 Å². The molecule has 20 heavy (non-hydrogen) atoms. The topological polar surface area (TPSA) is 61.4 Å². The summed E-state index contributed by atoms with van der Waals surface area (Å²) in [5.41, 5.74) is 2.38. The van der Waals surface area contributed by atoms with Gasteiger partial charge in [0.25, 0.3) is 10.2 Å². The number of rotatable bonds is 3. The first-order valence-corrected chi connectivity index (χ1v) is 8.64. The summed E-state index contributed by atoms with van der Waals surface area (Å²) in [5.74, 6) is 0. The Kier molecular flexibility index (Phi) is 4.07. The summed E-state index contributed by atoms with van der Waals surface area (Å²) in [4.78, 5) is 0. The lowest BCUT2D eigenvalue weighted by atomic mass is 10.0. The summed E-state index contributed by atoms with van der Waals surface area (Å²) in [6.07, 6.45) is 2.52. The van der Waals surface area contributed by atoms with Crippen molar-refractivity contribution in [2.75, 3.05) is 19.6 Å². The average molecular weight is 295 g/mol. The molecule has 1 aromatic carbocycles. The molecule has 0 atom stereocenters. The second kappa shape index (κ2) is 5.81. The zero-order valence-electron chi connectivity index (χ0n) is 11.5. The first-order chi connectivity index (χ1) is 9.65. The van der Waals surface area contributed by atoms with E-state index in [2.05, 4.69) is 16.1 Å². The van der Waals surface area contributed by atoms with Gasteiger partial charge >= 0.3 is 0 Å². The van der Waals surface area contributed by atoms with Crippen molar-refractivity contribution < 1.29 is 8.42 Å². The molecule has 3 rings (SSSR count). The number of benzene rings is 1. The molecule has 0 spiro atoms. The van der Waals surface area contributed by atoms with Gasteiger partial charge in [0, 0.05) is 19.1 Å². The van der Waals surface area contributed by atoms with Crippen LogP contribution in [0.15, 0.2) is 24.3 Å². The van der Waals surface area contributed by atoms with E-state index in [0.717, 1.165) is 37.9 Å². The average Bonchev–Trinajstić information content (AvgIpc) is 2.47. The maximum atomic E-state index is 12.5. The molecule has 0 aromatic heterocycles. The molecule has 110 valence electrons. The van der Waals surface area contributed by atoms with Crippen molar-refractivity contribution in [3.63, 3.8) is 0 Å². The Bertz CT molecular complexity index is 568. The zero-order chi connectivity index (χ0) is 14.0. The highest BCUT2D eigenvalue weighted by Gasteiger charge is 2.29. The molecule has 0 unspecified atom stereocenters. The summed E-state index contributed by atoms with van der Waals surface area (Å²) >= 11 is 0. The van der Waals surface area contributed by atoms with Gasteiger partial charge < -0.3 is 5.32 Å². The highest BCUT2D eigenvalue weighted by atomic mass is 32.2. The number of hydrogen-bond acceptors (Lipinski definition) is 3. The van der Waals surface area contributed by atoms with Gasteiger partial charge in [-0.1, -0.05) is 24.3 Å². The fourth-order valence-corrected chi connectivity index (χ4v) is 4.35. The van der Waals surface area contributed by atoms with Crippen LogP contribution in [0, 0.1) is 0 Å². The first-order valence-electron chi connectivity index (χ1n) is 7.20. The SMILES string of the molecule is O=S(=O)(NC1CCNCC1)N1CCc2ccccc2C1. The van der Waals surface area contributed by atoms with Crippen LogP contribution in [-0.2, 0) is 23.2 Å². The fraction of sp³-hybridized carbons (Fsp3) is 0.571. The van der Waals surface area contributed by atoms with Crippen LogP contribution in [0.4, 0.5) is 0 Å². The zero-order valence-corrected chi connectivity index (χ0v) is 12.3. The lowest BCUT2D eigenvalue weighted by Gasteiger charge is -2.31. The van der Waals surface area contributed by atoms with E-state index in [4.69, 9.17) is 0 Å². The Morgan fingerprint density at radius 1 is 1.15 bits per heavy atom. The number of fused-ring (bicyclic) bond motifs is 1. The van der Waals surface area contributed by atoms with Gasteiger partial charge in [-0.15, -0.1) is 0 Å². The molecule has 1 saturated heterocycles. The minimum atomic E-state index is -3.37. The second-order valence-electron chi connectivity index (χ2n) is 5.50. The smallest absolute Gasteiger partial charge is 0.280 e. The summed E-state index contributed by atoms with van der Waals surface area (Å²) in [7, 11) is -3.37. The van der Waals surface area contributed by atoms with E-state index in [-0.39, 0.29) is 6.04 Å². The molecule has 1 aromatic rings. The minimum Gasteiger partial charge on any atom is -0.317 e. The molecule has 0 saturated carbocycles. The number of piperidine rings is 1. The Labute approximate surface area is 120 Å². The van der Waals surface area contributed by atoms with Crippen molar-refractivity contribution >= 4 is 10.2 Å². The maximum Gasteiger partial charge on any atom is 0.280 e. The number of hydrogen-bond donors (Lipinski definition) is 2. The third-order valence-corrected chi connectivity index (χ3v) is 5.71. The molecular weight excluding hydrogens is 274 g/mol. The normalized spacial score (nSPS) is 21.6. The van der Waals surface area contributed by atoms with Crippen LogP contribution in [0.2, 0.25) is 0 Å². The minimum absolute atomic E-state index is 0.0680. The monoisotopic (exact) mass is 295 g/mol. The second-order valence-corrected chi connectivity index (χ2v) is 7.20. The highest BCUT2D eigenvalue weighted by molar-refractivity contribution is 7.87. The summed E-state index contributed by atoms with van der Waals surface area (Å²) < 4.78 is 29.3. The van der Waals surface area contributed by atoms with Gasteiger partial charge in [-0.2, -0.15) is 17.4 Å². The van der Waals surface area contributed by atoms with Crippen LogP contribution < -0.4 is 10.0 Å². The van der Waals surface area contributed by atoms with Crippen molar-refractivity contribution in [2.45, 2.75) is 31.8 Å². The van der Waals surface area contributed by atoms with E-state index in [1.165, 1.54) is 5.56 Å². The van der Waals surface area contributed by atoms with E-state index < -0.39 is 10.2 Å². The number of nitrogens with zero attached hydrogens (tertiary/aromatic N) is 1. The summed E-state index contributed by atoms with van der Waals surface area (Å²) in [5, 5.41) is 3.24. The van der Waals surface area contributed by atoms with Crippen molar-refractivity contribution in [1.29, 1.82) is 0 Å².